The number of aromatic nitrogens is 1. The van der Waals surface area contributed by atoms with Crippen LogP contribution >= 0.6 is 0 Å². The number of carbonyl (C=O) groups excluding carboxylic acids is 2. The van der Waals surface area contributed by atoms with E-state index in [-0.39, 0.29) is 17.6 Å². The van der Waals surface area contributed by atoms with Gasteiger partial charge in [0.15, 0.2) is 0 Å². The van der Waals surface area contributed by atoms with Gasteiger partial charge in [-0.2, -0.15) is 0 Å². The van der Waals surface area contributed by atoms with Gasteiger partial charge in [-0.3, -0.25) is 9.69 Å². The highest BCUT2D eigenvalue weighted by molar-refractivity contribution is 5.96. The van der Waals surface area contributed by atoms with Gasteiger partial charge >= 0.3 is 5.97 Å². The molecule has 3 heterocycles. The first-order valence-corrected chi connectivity index (χ1v) is 10.7. The van der Waals surface area contributed by atoms with Crippen molar-refractivity contribution in [2.24, 2.45) is 5.92 Å². The van der Waals surface area contributed by atoms with E-state index < -0.39 is 5.97 Å². The number of para-hydroxylation sites is 1. The van der Waals surface area contributed by atoms with Crippen LogP contribution in [0.3, 0.4) is 0 Å². The van der Waals surface area contributed by atoms with Crippen LogP contribution in [0.5, 0.6) is 0 Å². The standard InChI is InChI=1S/C24H27N3O4/c1-3-30-24(29)22-19(18-6-4-5-7-20(18)31-22)15-27-12-10-17(11-13-27)23(28)26-21-9-8-16(2)14-25-21/h4-9,14,17H,3,10-13,15H2,1-2H3,(H,25,26,28). The number of nitrogens with zero attached hydrogens (tertiary/aromatic N) is 2. The number of aryl methyl sites for hydroxylation is 1. The topological polar surface area (TPSA) is 84.7 Å². The second-order valence-corrected chi connectivity index (χ2v) is 7.89. The molecule has 1 aliphatic rings. The average molecular weight is 421 g/mol. The highest BCUT2D eigenvalue weighted by atomic mass is 16.5. The third-order valence-electron chi connectivity index (χ3n) is 5.66. The van der Waals surface area contributed by atoms with Crippen molar-refractivity contribution < 1.29 is 18.7 Å². The van der Waals surface area contributed by atoms with Crippen LogP contribution < -0.4 is 5.32 Å². The van der Waals surface area contributed by atoms with Crippen LogP contribution in [0.15, 0.2) is 47.0 Å². The average Bonchev–Trinajstić information content (AvgIpc) is 3.14. The third kappa shape index (κ3) is 4.77. The number of likely N-dealkylation sites (tertiary alicyclic amines) is 1. The van der Waals surface area contributed by atoms with Gasteiger partial charge < -0.3 is 14.5 Å². The number of fused-ring (bicyclic) bond motifs is 1. The number of carbonyl (C=O) groups is 2. The molecule has 0 bridgehead atoms. The molecule has 1 saturated heterocycles. The summed E-state index contributed by atoms with van der Waals surface area (Å²) in [5.41, 5.74) is 2.58. The quantitative estimate of drug-likeness (QED) is 0.602. The van der Waals surface area contributed by atoms with Crippen LogP contribution in [0.4, 0.5) is 5.82 Å². The van der Waals surface area contributed by atoms with Gasteiger partial charge in [0.1, 0.15) is 11.4 Å². The van der Waals surface area contributed by atoms with Crippen molar-refractivity contribution in [2.45, 2.75) is 33.2 Å². The van der Waals surface area contributed by atoms with Crippen molar-refractivity contribution in [3.8, 4) is 0 Å². The SMILES string of the molecule is CCOC(=O)c1oc2ccccc2c1CN1CCC(C(=O)Nc2ccc(C)cn2)CC1. The fraction of sp³-hybridized carbons (Fsp3) is 0.375. The van der Waals surface area contributed by atoms with Crippen LogP contribution in [0.2, 0.25) is 0 Å². The fourth-order valence-electron chi connectivity index (χ4n) is 3.96. The maximum absolute atomic E-state index is 12.6. The van der Waals surface area contributed by atoms with E-state index in [0.29, 0.717) is 24.6 Å². The lowest BCUT2D eigenvalue weighted by atomic mass is 9.95. The van der Waals surface area contributed by atoms with E-state index >= 15 is 0 Å². The maximum atomic E-state index is 12.6. The van der Waals surface area contributed by atoms with Crippen LogP contribution in [-0.4, -0.2) is 41.5 Å². The predicted octanol–water partition coefficient (Wildman–Crippen LogP) is 4.16. The largest absolute Gasteiger partial charge is 0.460 e. The molecule has 0 atom stereocenters. The van der Waals surface area contributed by atoms with Crippen LogP contribution in [0, 0.1) is 12.8 Å². The molecule has 0 unspecified atom stereocenters. The van der Waals surface area contributed by atoms with Gasteiger partial charge in [0, 0.05) is 29.6 Å². The summed E-state index contributed by atoms with van der Waals surface area (Å²) in [5.74, 6) is 0.380. The van der Waals surface area contributed by atoms with E-state index in [1.54, 1.807) is 13.1 Å². The van der Waals surface area contributed by atoms with Crippen LogP contribution in [-0.2, 0) is 16.1 Å². The zero-order valence-electron chi connectivity index (χ0n) is 17.9. The minimum Gasteiger partial charge on any atom is -0.460 e. The summed E-state index contributed by atoms with van der Waals surface area (Å²) in [5, 5.41) is 3.84. The number of hydrogen-bond donors (Lipinski definition) is 1. The lowest BCUT2D eigenvalue weighted by Gasteiger charge is -2.31. The van der Waals surface area contributed by atoms with E-state index in [1.165, 1.54) is 0 Å². The predicted molar refractivity (Wildman–Crippen MR) is 118 cm³/mol. The second-order valence-electron chi connectivity index (χ2n) is 7.89. The highest BCUT2D eigenvalue weighted by Crippen LogP contribution is 2.29. The Morgan fingerprint density at radius 1 is 1.19 bits per heavy atom. The van der Waals surface area contributed by atoms with Gasteiger partial charge in [0.2, 0.25) is 11.7 Å². The van der Waals surface area contributed by atoms with Crippen molar-refractivity contribution in [3.05, 3.63) is 59.5 Å². The molecular weight excluding hydrogens is 394 g/mol. The van der Waals surface area contributed by atoms with E-state index in [4.69, 9.17) is 9.15 Å². The molecule has 1 N–H and O–H groups in total. The molecule has 0 saturated carbocycles. The van der Waals surface area contributed by atoms with Gasteiger partial charge in [-0.05, 0) is 57.5 Å². The van der Waals surface area contributed by atoms with Gasteiger partial charge in [-0.1, -0.05) is 24.3 Å². The Balaban J connectivity index is 1.41. The molecule has 162 valence electrons. The number of rotatable bonds is 6. The molecule has 7 nitrogen and oxygen atoms in total. The summed E-state index contributed by atoms with van der Waals surface area (Å²) in [6, 6.07) is 11.4. The summed E-state index contributed by atoms with van der Waals surface area (Å²) in [7, 11) is 0. The van der Waals surface area contributed by atoms with Crippen molar-refractivity contribution in [1.82, 2.24) is 9.88 Å². The number of nitrogens with one attached hydrogen (secondary N) is 1. The number of hydrogen-bond acceptors (Lipinski definition) is 6. The molecule has 0 spiro atoms. The summed E-state index contributed by atoms with van der Waals surface area (Å²) >= 11 is 0. The van der Waals surface area contributed by atoms with Gasteiger partial charge in [-0.25, -0.2) is 9.78 Å². The first-order chi connectivity index (χ1) is 15.0. The summed E-state index contributed by atoms with van der Waals surface area (Å²) in [4.78, 5) is 31.5. The lowest BCUT2D eigenvalue weighted by Crippen LogP contribution is -2.38. The summed E-state index contributed by atoms with van der Waals surface area (Å²) < 4.78 is 11.0. The molecule has 1 aliphatic heterocycles. The molecule has 1 fully saturated rings. The minimum atomic E-state index is -0.437. The Bertz CT molecular complexity index is 1070. The third-order valence-corrected chi connectivity index (χ3v) is 5.66. The Hall–Kier alpha value is -3.19. The number of benzene rings is 1. The fourth-order valence-corrected chi connectivity index (χ4v) is 3.96. The molecule has 1 aromatic carbocycles. The molecule has 31 heavy (non-hydrogen) atoms. The van der Waals surface area contributed by atoms with Gasteiger partial charge in [0.25, 0.3) is 0 Å². The monoisotopic (exact) mass is 421 g/mol. The summed E-state index contributed by atoms with van der Waals surface area (Å²) in [6.45, 7) is 6.15. The van der Waals surface area contributed by atoms with E-state index in [1.807, 2.05) is 43.3 Å². The van der Waals surface area contributed by atoms with Gasteiger partial charge in [0.05, 0.1) is 6.61 Å². The smallest absolute Gasteiger partial charge is 0.374 e. The van der Waals surface area contributed by atoms with Crippen molar-refractivity contribution in [2.75, 3.05) is 25.0 Å². The molecule has 7 heteroatoms. The number of esters is 1. The maximum Gasteiger partial charge on any atom is 0.374 e. The zero-order chi connectivity index (χ0) is 21.8. The van der Waals surface area contributed by atoms with Crippen LogP contribution in [0.1, 0.15) is 41.4 Å². The molecule has 0 aliphatic carbocycles. The number of pyridine rings is 1. The Labute approximate surface area is 181 Å². The Kier molecular flexibility index (Phi) is 6.32. The number of amides is 1. The molecule has 3 aromatic rings. The molecule has 4 rings (SSSR count). The van der Waals surface area contributed by atoms with E-state index in [2.05, 4.69) is 15.2 Å². The molecule has 0 radical (unpaired) electrons. The van der Waals surface area contributed by atoms with Crippen molar-refractivity contribution >= 4 is 28.7 Å². The highest BCUT2D eigenvalue weighted by Gasteiger charge is 2.28. The van der Waals surface area contributed by atoms with Crippen LogP contribution in [0.25, 0.3) is 11.0 Å². The normalized spacial score (nSPS) is 15.2. The number of piperidine rings is 1. The van der Waals surface area contributed by atoms with Gasteiger partial charge in [-0.15, -0.1) is 0 Å². The number of ether oxygens (including phenoxy) is 1. The van der Waals surface area contributed by atoms with E-state index in [0.717, 1.165) is 42.4 Å². The number of anilines is 1. The zero-order valence-corrected chi connectivity index (χ0v) is 17.9. The first kappa shape index (κ1) is 21.1. The molecule has 2 aromatic heterocycles. The lowest BCUT2D eigenvalue weighted by molar-refractivity contribution is -0.121. The van der Waals surface area contributed by atoms with Crippen molar-refractivity contribution in [3.63, 3.8) is 0 Å². The number of furan rings is 1. The summed E-state index contributed by atoms with van der Waals surface area (Å²) in [6.07, 6.45) is 3.25. The minimum absolute atomic E-state index is 0.0111. The first-order valence-electron chi connectivity index (χ1n) is 10.7. The van der Waals surface area contributed by atoms with E-state index in [9.17, 15) is 9.59 Å². The van der Waals surface area contributed by atoms with Crippen molar-refractivity contribution in [1.29, 1.82) is 0 Å². The molecule has 1 amide bonds. The Morgan fingerprint density at radius 2 is 1.97 bits per heavy atom. The molecular formula is C24H27N3O4. The Morgan fingerprint density at radius 3 is 2.68 bits per heavy atom. The second kappa shape index (κ2) is 9.31.